The molecule has 1 aromatic carbocycles. The van der Waals surface area contributed by atoms with Gasteiger partial charge in [0.25, 0.3) is 5.56 Å². The summed E-state index contributed by atoms with van der Waals surface area (Å²) in [5.41, 5.74) is 0.984. The summed E-state index contributed by atoms with van der Waals surface area (Å²) < 4.78 is 16.1. The molecule has 1 N–H and O–H groups in total. The summed E-state index contributed by atoms with van der Waals surface area (Å²) >= 11 is 0. The number of aromatic nitrogens is 7. The number of rotatable bonds is 7. The number of piperidine rings is 1. The second kappa shape index (κ2) is 10.4. The summed E-state index contributed by atoms with van der Waals surface area (Å²) in [4.78, 5) is 39.7. The van der Waals surface area contributed by atoms with Crippen LogP contribution in [-0.2, 0) is 11.3 Å². The van der Waals surface area contributed by atoms with Crippen molar-refractivity contribution < 1.29 is 9.18 Å². The maximum atomic E-state index is 13.2. The first-order valence-electron chi connectivity index (χ1n) is 11.6. The fourth-order valence-corrected chi connectivity index (χ4v) is 4.17. The first-order valence-corrected chi connectivity index (χ1v) is 11.6. The van der Waals surface area contributed by atoms with Gasteiger partial charge in [-0.15, -0.1) is 0 Å². The molecule has 4 heterocycles. The van der Waals surface area contributed by atoms with E-state index in [1.807, 2.05) is 6.07 Å². The van der Waals surface area contributed by atoms with E-state index in [9.17, 15) is 14.0 Å². The van der Waals surface area contributed by atoms with Crippen molar-refractivity contribution in [3.63, 3.8) is 0 Å². The molecule has 0 radical (unpaired) electrons. The average molecular weight is 490 g/mol. The van der Waals surface area contributed by atoms with Gasteiger partial charge in [0.05, 0.1) is 18.2 Å². The Balaban J connectivity index is 1.19. The van der Waals surface area contributed by atoms with Crippen molar-refractivity contribution in [1.82, 2.24) is 39.8 Å². The van der Waals surface area contributed by atoms with E-state index >= 15 is 0 Å². The minimum Gasteiger partial charge on any atom is -0.356 e. The Morgan fingerprint density at radius 1 is 1.08 bits per heavy atom. The molecule has 3 aromatic heterocycles. The molecule has 1 atom stereocenters. The fourth-order valence-electron chi connectivity index (χ4n) is 4.17. The Labute approximate surface area is 205 Å². The molecule has 1 aliphatic heterocycles. The highest BCUT2D eigenvalue weighted by molar-refractivity contribution is 5.79. The van der Waals surface area contributed by atoms with Crippen LogP contribution in [0, 0.1) is 11.7 Å². The van der Waals surface area contributed by atoms with Gasteiger partial charge in [-0.25, -0.2) is 28.7 Å². The van der Waals surface area contributed by atoms with Crippen molar-refractivity contribution in [3.8, 4) is 17.1 Å². The number of hydrogen-bond acceptors (Lipinski definition) is 8. The minimum atomic E-state index is -0.341. The molecule has 36 heavy (non-hydrogen) atoms. The summed E-state index contributed by atoms with van der Waals surface area (Å²) in [6, 6.07) is 10.7. The van der Waals surface area contributed by atoms with Crippen molar-refractivity contribution in [2.75, 3.05) is 24.5 Å². The van der Waals surface area contributed by atoms with Crippen LogP contribution in [0.1, 0.15) is 12.8 Å². The van der Waals surface area contributed by atoms with Gasteiger partial charge in [0.15, 0.2) is 5.82 Å². The Bertz CT molecular complexity index is 1390. The Kier molecular flexibility index (Phi) is 6.74. The van der Waals surface area contributed by atoms with Crippen LogP contribution in [0.2, 0.25) is 0 Å². The van der Waals surface area contributed by atoms with Crippen LogP contribution < -0.4 is 15.8 Å². The Morgan fingerprint density at radius 2 is 1.92 bits per heavy atom. The molecule has 0 aliphatic carbocycles. The highest BCUT2D eigenvalue weighted by Crippen LogP contribution is 2.22. The molecular weight excluding hydrogens is 465 g/mol. The number of amides is 1. The number of anilines is 1. The number of nitrogens with zero attached hydrogens (tertiary/aromatic N) is 8. The molecule has 0 spiro atoms. The fraction of sp³-hybridized carbons (Fsp3) is 0.292. The van der Waals surface area contributed by atoms with E-state index in [1.54, 1.807) is 29.2 Å². The quantitative estimate of drug-likeness (QED) is 0.414. The first-order chi connectivity index (χ1) is 17.6. The second-order valence-electron chi connectivity index (χ2n) is 8.44. The summed E-state index contributed by atoms with van der Waals surface area (Å²) in [6.45, 7) is 1.80. The number of hydrogen-bond donors (Lipinski definition) is 1. The molecule has 1 fully saturated rings. The van der Waals surface area contributed by atoms with Gasteiger partial charge in [0.1, 0.15) is 30.6 Å². The zero-order valence-corrected chi connectivity index (χ0v) is 19.4. The van der Waals surface area contributed by atoms with Gasteiger partial charge >= 0.3 is 0 Å². The number of carbonyl (C=O) groups is 1. The zero-order chi connectivity index (χ0) is 24.9. The lowest BCUT2D eigenvalue weighted by atomic mass is 9.97. The Morgan fingerprint density at radius 3 is 2.72 bits per heavy atom. The molecule has 4 aromatic rings. The molecule has 184 valence electrons. The lowest BCUT2D eigenvalue weighted by molar-refractivity contribution is -0.125. The predicted molar refractivity (Wildman–Crippen MR) is 129 cm³/mol. The van der Waals surface area contributed by atoms with Crippen LogP contribution in [0.4, 0.5) is 10.2 Å². The van der Waals surface area contributed by atoms with E-state index in [0.717, 1.165) is 25.2 Å². The van der Waals surface area contributed by atoms with Crippen LogP contribution in [-0.4, -0.2) is 60.1 Å². The van der Waals surface area contributed by atoms with Gasteiger partial charge in [-0.1, -0.05) is 0 Å². The monoisotopic (exact) mass is 489 g/mol. The van der Waals surface area contributed by atoms with Gasteiger partial charge in [-0.05, 0) is 43.2 Å². The molecule has 0 saturated carbocycles. The third-order valence-corrected chi connectivity index (χ3v) is 6.04. The third kappa shape index (κ3) is 5.27. The van der Waals surface area contributed by atoms with E-state index in [-0.39, 0.29) is 36.3 Å². The van der Waals surface area contributed by atoms with Crippen molar-refractivity contribution in [2.45, 2.75) is 19.4 Å². The minimum absolute atomic E-state index is 0.0759. The van der Waals surface area contributed by atoms with Crippen molar-refractivity contribution >= 4 is 11.7 Å². The summed E-state index contributed by atoms with van der Waals surface area (Å²) in [7, 11) is 0. The summed E-state index contributed by atoms with van der Waals surface area (Å²) in [5.74, 6) is 0.699. The number of nitrogens with one attached hydrogen (secondary N) is 1. The molecule has 1 unspecified atom stereocenters. The van der Waals surface area contributed by atoms with Crippen LogP contribution in [0.15, 0.2) is 66.2 Å². The Hall–Kier alpha value is -4.48. The van der Waals surface area contributed by atoms with E-state index < -0.39 is 0 Å². The number of carbonyl (C=O) groups excluding carboxylic acids is 1. The van der Waals surface area contributed by atoms with Gasteiger partial charge in [0.2, 0.25) is 5.91 Å². The summed E-state index contributed by atoms with van der Waals surface area (Å²) in [5, 5.41) is 11.4. The van der Waals surface area contributed by atoms with Gasteiger partial charge in [-0.2, -0.15) is 10.2 Å². The molecule has 11 nitrogen and oxygen atoms in total. The SMILES string of the molecule is O=C(NCCn1nc(-c2ccc(F)cc2)ccc1=O)C1CCCN(c2cc(-n3cncn3)ncn2)C1. The predicted octanol–water partition coefficient (Wildman–Crippen LogP) is 1.45. The molecule has 5 rings (SSSR count). The maximum Gasteiger partial charge on any atom is 0.266 e. The topological polar surface area (TPSA) is 124 Å². The van der Waals surface area contributed by atoms with E-state index in [4.69, 9.17) is 0 Å². The molecule has 1 aliphatic rings. The normalized spacial score (nSPS) is 15.6. The first kappa shape index (κ1) is 23.3. The van der Waals surface area contributed by atoms with E-state index in [1.165, 1.54) is 35.5 Å². The lowest BCUT2D eigenvalue weighted by Gasteiger charge is -2.32. The smallest absolute Gasteiger partial charge is 0.266 e. The van der Waals surface area contributed by atoms with Gasteiger partial charge in [0, 0.05) is 37.3 Å². The second-order valence-corrected chi connectivity index (χ2v) is 8.44. The maximum absolute atomic E-state index is 13.2. The van der Waals surface area contributed by atoms with Crippen LogP contribution >= 0.6 is 0 Å². The van der Waals surface area contributed by atoms with E-state index in [0.29, 0.717) is 23.6 Å². The molecule has 12 heteroatoms. The standard InChI is InChI=1S/C24H24FN9O2/c25-19-5-3-17(4-6-19)20-7-8-23(35)33(31-20)11-9-27-24(36)18-2-1-10-32(13-18)21-12-22(29-15-28-21)34-16-26-14-30-34/h3-8,12,14-16,18H,1-2,9-11,13H2,(H,27,36). The highest BCUT2D eigenvalue weighted by Gasteiger charge is 2.26. The highest BCUT2D eigenvalue weighted by atomic mass is 19.1. The van der Waals surface area contributed by atoms with Crippen molar-refractivity contribution in [3.05, 3.63) is 77.6 Å². The van der Waals surface area contributed by atoms with Gasteiger partial charge in [-0.3, -0.25) is 9.59 Å². The van der Waals surface area contributed by atoms with Crippen LogP contribution in [0.25, 0.3) is 17.1 Å². The molecule has 0 bridgehead atoms. The molecule has 1 saturated heterocycles. The average Bonchev–Trinajstić information content (AvgIpc) is 3.46. The summed E-state index contributed by atoms with van der Waals surface area (Å²) in [6.07, 6.45) is 6.09. The number of benzene rings is 1. The van der Waals surface area contributed by atoms with Crippen LogP contribution in [0.3, 0.4) is 0 Å². The largest absolute Gasteiger partial charge is 0.356 e. The lowest BCUT2D eigenvalue weighted by Crippen LogP contribution is -2.44. The van der Waals surface area contributed by atoms with Gasteiger partial charge < -0.3 is 10.2 Å². The van der Waals surface area contributed by atoms with Crippen molar-refractivity contribution in [1.29, 1.82) is 0 Å². The number of halogens is 1. The van der Waals surface area contributed by atoms with Crippen molar-refractivity contribution in [2.24, 2.45) is 5.92 Å². The van der Waals surface area contributed by atoms with E-state index in [2.05, 4.69) is 35.4 Å². The zero-order valence-electron chi connectivity index (χ0n) is 19.4. The van der Waals surface area contributed by atoms with Crippen LogP contribution in [0.5, 0.6) is 0 Å². The third-order valence-electron chi connectivity index (χ3n) is 6.04. The molecule has 1 amide bonds. The molecular formula is C24H24FN9O2.